The summed E-state index contributed by atoms with van der Waals surface area (Å²) in [6.07, 6.45) is -0.211. The molecule has 2 fully saturated rings. The highest BCUT2D eigenvalue weighted by atomic mass is 16.7. The lowest BCUT2D eigenvalue weighted by Crippen LogP contribution is -2.44. The van der Waals surface area contributed by atoms with Gasteiger partial charge >= 0.3 is 0 Å². The Balaban J connectivity index is 1.54. The van der Waals surface area contributed by atoms with Crippen molar-refractivity contribution in [3.63, 3.8) is 0 Å². The highest BCUT2D eigenvalue weighted by molar-refractivity contribution is 5.72. The van der Waals surface area contributed by atoms with Crippen LogP contribution in [0.3, 0.4) is 0 Å². The predicted molar refractivity (Wildman–Crippen MR) is 124 cm³/mol. The number of benzene rings is 2. The Hall–Kier alpha value is -2.29. The molecule has 2 saturated heterocycles. The molecule has 2 aliphatic heterocycles. The monoisotopic (exact) mass is 454 g/mol. The molecule has 4 rings (SSSR count). The molecule has 0 saturated carbocycles. The van der Waals surface area contributed by atoms with Crippen molar-refractivity contribution < 1.29 is 24.5 Å². The second-order valence-corrected chi connectivity index (χ2v) is 9.18. The van der Waals surface area contributed by atoms with Gasteiger partial charge < -0.3 is 25.0 Å². The van der Waals surface area contributed by atoms with E-state index in [2.05, 4.69) is 17.1 Å². The normalized spacial score (nSPS) is 28.1. The molecule has 5 atom stereocenters. The number of amides is 1. The van der Waals surface area contributed by atoms with Crippen LogP contribution in [0.2, 0.25) is 0 Å². The van der Waals surface area contributed by atoms with E-state index >= 15 is 0 Å². The number of aliphatic hydroxyl groups excluding tert-OH is 2. The highest BCUT2D eigenvalue weighted by Crippen LogP contribution is 2.42. The minimum Gasteiger partial charge on any atom is -0.392 e. The molecule has 33 heavy (non-hydrogen) atoms. The van der Waals surface area contributed by atoms with Gasteiger partial charge in [-0.15, -0.1) is 0 Å². The van der Waals surface area contributed by atoms with Crippen LogP contribution in [0, 0.1) is 5.92 Å². The third-order valence-corrected chi connectivity index (χ3v) is 6.60. The topological polar surface area (TPSA) is 91.3 Å². The van der Waals surface area contributed by atoms with E-state index in [1.54, 1.807) is 0 Å². The lowest BCUT2D eigenvalue weighted by molar-refractivity contribution is -0.276. The van der Waals surface area contributed by atoms with Gasteiger partial charge in [-0.25, -0.2) is 0 Å². The summed E-state index contributed by atoms with van der Waals surface area (Å²) in [6, 6.07) is 15.8. The van der Waals surface area contributed by atoms with Crippen LogP contribution in [0.15, 0.2) is 48.5 Å². The smallest absolute Gasteiger partial charge is 0.217 e. The van der Waals surface area contributed by atoms with Crippen molar-refractivity contribution in [2.75, 3.05) is 19.6 Å². The van der Waals surface area contributed by atoms with Gasteiger partial charge in [0.15, 0.2) is 6.29 Å². The average molecular weight is 455 g/mol. The first-order valence-corrected chi connectivity index (χ1v) is 11.7. The van der Waals surface area contributed by atoms with Gasteiger partial charge in [-0.2, -0.15) is 0 Å². The number of carbonyl (C=O) groups excluding carboxylic acids is 1. The number of nitrogens with zero attached hydrogens (tertiary/aromatic N) is 1. The van der Waals surface area contributed by atoms with Crippen LogP contribution in [0.4, 0.5) is 0 Å². The van der Waals surface area contributed by atoms with E-state index in [0.717, 1.165) is 41.8 Å². The molecule has 0 spiro atoms. The second-order valence-electron chi connectivity index (χ2n) is 9.18. The van der Waals surface area contributed by atoms with E-state index in [4.69, 9.17) is 9.47 Å². The van der Waals surface area contributed by atoms with Gasteiger partial charge in [0.2, 0.25) is 5.91 Å². The van der Waals surface area contributed by atoms with Crippen LogP contribution in [0.5, 0.6) is 0 Å². The number of ether oxygens (including phenoxy) is 2. The Morgan fingerprint density at radius 2 is 1.73 bits per heavy atom. The molecule has 0 bridgehead atoms. The average Bonchev–Trinajstić information content (AvgIpc) is 3.24. The number of aliphatic hydroxyl groups is 2. The summed E-state index contributed by atoms with van der Waals surface area (Å²) in [5, 5.41) is 22.2. The van der Waals surface area contributed by atoms with E-state index in [1.807, 2.05) is 48.5 Å². The van der Waals surface area contributed by atoms with Gasteiger partial charge in [-0.1, -0.05) is 55.5 Å². The van der Waals surface area contributed by atoms with Crippen molar-refractivity contribution in [1.82, 2.24) is 10.2 Å². The van der Waals surface area contributed by atoms with Crippen LogP contribution in [0.1, 0.15) is 54.9 Å². The number of hydrogen-bond donors (Lipinski definition) is 3. The molecule has 0 aliphatic carbocycles. The van der Waals surface area contributed by atoms with Crippen LogP contribution in [-0.2, 0) is 27.4 Å². The molecule has 0 unspecified atom stereocenters. The quantitative estimate of drug-likeness (QED) is 0.596. The van der Waals surface area contributed by atoms with Gasteiger partial charge in [0.1, 0.15) is 0 Å². The second kappa shape index (κ2) is 10.8. The zero-order chi connectivity index (χ0) is 23.4. The van der Waals surface area contributed by atoms with Crippen LogP contribution < -0.4 is 5.32 Å². The minimum absolute atomic E-state index is 0.0117. The minimum atomic E-state index is -0.518. The van der Waals surface area contributed by atoms with Crippen molar-refractivity contribution in [1.29, 1.82) is 0 Å². The maximum atomic E-state index is 11.2. The van der Waals surface area contributed by atoms with Gasteiger partial charge in [-0.3, -0.25) is 9.69 Å². The van der Waals surface area contributed by atoms with Crippen molar-refractivity contribution >= 4 is 5.91 Å². The first kappa shape index (κ1) is 23.9. The Morgan fingerprint density at radius 3 is 2.33 bits per heavy atom. The molecular formula is C26H34N2O5. The maximum absolute atomic E-state index is 11.2. The molecule has 2 heterocycles. The third kappa shape index (κ3) is 5.99. The van der Waals surface area contributed by atoms with E-state index in [-0.39, 0.29) is 36.7 Å². The number of nitrogens with one attached hydrogen (secondary N) is 1. The predicted octanol–water partition coefficient (Wildman–Crippen LogP) is 2.67. The van der Waals surface area contributed by atoms with Crippen LogP contribution >= 0.6 is 0 Å². The van der Waals surface area contributed by atoms with Gasteiger partial charge in [0, 0.05) is 44.6 Å². The largest absolute Gasteiger partial charge is 0.392 e. The summed E-state index contributed by atoms with van der Waals surface area (Å²) in [7, 11) is 0. The first-order chi connectivity index (χ1) is 15.9. The molecule has 1 amide bonds. The number of likely N-dealkylation sites (tertiary alicyclic amines) is 1. The number of carbonyl (C=O) groups is 1. The molecule has 2 aromatic carbocycles. The number of rotatable bonds is 7. The van der Waals surface area contributed by atoms with Gasteiger partial charge in [0.05, 0.1) is 24.9 Å². The van der Waals surface area contributed by atoms with E-state index in [9.17, 15) is 15.0 Å². The standard InChI is InChI=1S/C26H34N2O5/c1-17-24(15-28-12-11-23(31)14-28)32-26(22-9-3-19(4-10-22)13-27-18(2)30)33-25(17)21-7-5-20(16-29)6-8-21/h3-10,17,23-26,29,31H,11-16H2,1-2H3,(H,27,30)/t17-,23+,24+,25+,26+/m1/s1. The lowest BCUT2D eigenvalue weighted by Gasteiger charge is -2.42. The zero-order valence-electron chi connectivity index (χ0n) is 19.3. The molecule has 3 N–H and O–H groups in total. The molecule has 0 radical (unpaired) electrons. The first-order valence-electron chi connectivity index (χ1n) is 11.7. The fraction of sp³-hybridized carbons (Fsp3) is 0.500. The van der Waals surface area contributed by atoms with E-state index in [0.29, 0.717) is 13.1 Å². The Morgan fingerprint density at radius 1 is 1.06 bits per heavy atom. The van der Waals surface area contributed by atoms with Crippen LogP contribution in [-0.4, -0.2) is 52.9 Å². The van der Waals surface area contributed by atoms with Crippen molar-refractivity contribution in [3.8, 4) is 0 Å². The van der Waals surface area contributed by atoms with Crippen molar-refractivity contribution in [2.45, 2.75) is 58.0 Å². The van der Waals surface area contributed by atoms with E-state index in [1.165, 1.54) is 6.92 Å². The molecule has 2 aliphatic rings. The zero-order valence-corrected chi connectivity index (χ0v) is 19.3. The summed E-state index contributed by atoms with van der Waals surface area (Å²) >= 11 is 0. The van der Waals surface area contributed by atoms with E-state index < -0.39 is 6.29 Å². The molecular weight excluding hydrogens is 420 g/mol. The molecule has 0 aromatic heterocycles. The van der Waals surface area contributed by atoms with Gasteiger partial charge in [0.25, 0.3) is 0 Å². The maximum Gasteiger partial charge on any atom is 0.217 e. The molecule has 7 heteroatoms. The number of hydrogen-bond acceptors (Lipinski definition) is 6. The molecule has 178 valence electrons. The highest BCUT2D eigenvalue weighted by Gasteiger charge is 2.39. The fourth-order valence-corrected chi connectivity index (χ4v) is 4.58. The van der Waals surface area contributed by atoms with Crippen molar-refractivity contribution in [2.24, 2.45) is 5.92 Å². The summed E-state index contributed by atoms with van der Waals surface area (Å²) in [4.78, 5) is 13.4. The number of β-amino-alcohol motifs (C(OH)–C–C–N with tert-alkyl or cyclic N) is 1. The Bertz CT molecular complexity index is 917. The molecule has 7 nitrogen and oxygen atoms in total. The fourth-order valence-electron chi connectivity index (χ4n) is 4.58. The lowest BCUT2D eigenvalue weighted by atomic mass is 9.90. The summed E-state index contributed by atoms with van der Waals surface area (Å²) in [5.41, 5.74) is 3.86. The summed E-state index contributed by atoms with van der Waals surface area (Å²) in [6.45, 7) is 6.43. The third-order valence-electron chi connectivity index (χ3n) is 6.60. The summed E-state index contributed by atoms with van der Waals surface area (Å²) in [5.74, 6) is 0.0509. The SMILES string of the molecule is CC(=O)NCc1ccc([C@H]2O[C@@H](CN3CC[C@H](O)C3)[C@@H](C)[C@@H](c3ccc(CO)cc3)O2)cc1. The van der Waals surface area contributed by atoms with Gasteiger partial charge in [-0.05, 0) is 23.1 Å². The Labute approximate surface area is 195 Å². The van der Waals surface area contributed by atoms with Crippen LogP contribution in [0.25, 0.3) is 0 Å². The molecule has 2 aromatic rings. The Kier molecular flexibility index (Phi) is 7.78. The summed E-state index contributed by atoms with van der Waals surface area (Å²) < 4.78 is 12.9. The van der Waals surface area contributed by atoms with Crippen molar-refractivity contribution in [3.05, 3.63) is 70.8 Å².